The number of aryl methyl sites for hydroxylation is 2. The molecule has 1 fully saturated rings. The maximum Gasteiger partial charge on any atom is 0.180 e. The highest BCUT2D eigenvalue weighted by Crippen LogP contribution is 2.33. The lowest BCUT2D eigenvalue weighted by Crippen LogP contribution is -2.10. The van der Waals surface area contributed by atoms with Gasteiger partial charge in [0.05, 0.1) is 23.1 Å². The molecule has 0 aliphatic heterocycles. The summed E-state index contributed by atoms with van der Waals surface area (Å²) in [4.78, 5) is 9.98. The zero-order chi connectivity index (χ0) is 28.5. The molecule has 0 atom stereocenters. The summed E-state index contributed by atoms with van der Waals surface area (Å²) >= 11 is 0. The van der Waals surface area contributed by atoms with Gasteiger partial charge in [-0.15, -0.1) is 5.10 Å². The Morgan fingerprint density at radius 3 is 2.50 bits per heavy atom. The van der Waals surface area contributed by atoms with Crippen molar-refractivity contribution in [2.75, 3.05) is 0 Å². The number of hydrogen-bond acceptors (Lipinski definition) is 5. The van der Waals surface area contributed by atoms with Gasteiger partial charge in [0, 0.05) is 36.3 Å². The number of H-pyrrole nitrogens is 1. The molecule has 0 bridgehead atoms. The number of nitrogens with one attached hydrogen (secondary N) is 1. The molecule has 3 heterocycles. The summed E-state index contributed by atoms with van der Waals surface area (Å²) in [5.41, 5.74) is 10.1. The molecule has 6 aromatic rings. The number of nitrogens with zero attached hydrogens (tertiary/aromatic N) is 7. The van der Waals surface area contributed by atoms with E-state index in [-0.39, 0.29) is 0 Å². The Bertz CT molecular complexity index is 1800. The van der Waals surface area contributed by atoms with E-state index in [9.17, 15) is 0 Å². The van der Waals surface area contributed by atoms with Gasteiger partial charge in [-0.05, 0) is 71.0 Å². The molecule has 1 aliphatic carbocycles. The first kappa shape index (κ1) is 26.3. The van der Waals surface area contributed by atoms with Crippen LogP contribution in [0, 0.1) is 6.92 Å². The summed E-state index contributed by atoms with van der Waals surface area (Å²) in [6.07, 6.45) is 12.8. The van der Waals surface area contributed by atoms with Crippen LogP contribution in [0.1, 0.15) is 68.4 Å². The Morgan fingerprint density at radius 1 is 0.929 bits per heavy atom. The third-order valence-electron chi connectivity index (χ3n) is 8.62. The van der Waals surface area contributed by atoms with Crippen LogP contribution in [0.3, 0.4) is 0 Å². The normalized spacial score (nSPS) is 14.1. The molecule has 3 aromatic heterocycles. The minimum absolute atomic E-state index is 0.578. The van der Waals surface area contributed by atoms with Crippen molar-refractivity contribution in [1.29, 1.82) is 0 Å². The molecule has 0 spiro atoms. The highest BCUT2D eigenvalue weighted by Gasteiger charge is 2.18. The number of fused-ring (bicyclic) bond motifs is 1. The topological polar surface area (TPSA) is 90.1 Å². The van der Waals surface area contributed by atoms with Crippen LogP contribution in [-0.2, 0) is 13.0 Å². The van der Waals surface area contributed by atoms with Gasteiger partial charge in [-0.3, -0.25) is 0 Å². The van der Waals surface area contributed by atoms with Crippen molar-refractivity contribution in [3.05, 3.63) is 90.1 Å². The van der Waals surface area contributed by atoms with Crippen LogP contribution < -0.4 is 0 Å². The van der Waals surface area contributed by atoms with E-state index >= 15 is 0 Å². The van der Waals surface area contributed by atoms with Gasteiger partial charge in [0.2, 0.25) is 0 Å². The molecule has 8 heteroatoms. The van der Waals surface area contributed by atoms with Gasteiger partial charge >= 0.3 is 0 Å². The first-order valence-electron chi connectivity index (χ1n) is 15.1. The largest absolute Gasteiger partial charge is 0.334 e. The lowest BCUT2D eigenvalue weighted by Gasteiger charge is -2.22. The van der Waals surface area contributed by atoms with Gasteiger partial charge < -0.3 is 9.13 Å². The maximum atomic E-state index is 5.13. The molecular formula is C34H36N8. The molecule has 42 heavy (non-hydrogen) atoms. The molecule has 0 unspecified atom stereocenters. The van der Waals surface area contributed by atoms with Gasteiger partial charge in [0.15, 0.2) is 5.82 Å². The SMILES string of the molecule is CCCc1nc2c(C)cc(-c3cn(C4CCCCC4)cn3)cc2n1Cc1ccc(-c2ccccc2-c2nnn[nH]2)cc1. The van der Waals surface area contributed by atoms with Gasteiger partial charge in [-0.1, -0.05) is 74.7 Å². The van der Waals surface area contributed by atoms with Crippen molar-refractivity contribution >= 4 is 11.0 Å². The highest BCUT2D eigenvalue weighted by molar-refractivity contribution is 5.85. The molecule has 0 saturated heterocycles. The van der Waals surface area contributed by atoms with Crippen molar-refractivity contribution in [2.24, 2.45) is 0 Å². The van der Waals surface area contributed by atoms with E-state index in [1.54, 1.807) is 0 Å². The monoisotopic (exact) mass is 556 g/mol. The Morgan fingerprint density at radius 2 is 1.74 bits per heavy atom. The van der Waals surface area contributed by atoms with Crippen LogP contribution in [0.25, 0.3) is 44.8 Å². The fraction of sp³-hybridized carbons (Fsp3) is 0.324. The number of aromatic nitrogens is 8. The Kier molecular flexibility index (Phi) is 7.11. The molecule has 1 N–H and O–H groups in total. The summed E-state index contributed by atoms with van der Waals surface area (Å²) in [5.74, 6) is 1.80. The average molecular weight is 557 g/mol. The van der Waals surface area contributed by atoms with Crippen molar-refractivity contribution < 1.29 is 0 Å². The van der Waals surface area contributed by atoms with Crippen LogP contribution in [-0.4, -0.2) is 39.7 Å². The standard InChI is InChI=1S/C34H36N8/c1-3-9-32-36-33-23(2)18-26(30-21-41(22-35-30)27-10-5-4-6-11-27)19-31(33)42(32)20-24-14-16-25(17-15-24)28-12-7-8-13-29(28)34-37-39-40-38-34/h7-8,12-19,21-22,27H,3-6,9-11,20H2,1-2H3,(H,37,38,39,40). The minimum Gasteiger partial charge on any atom is -0.334 e. The fourth-order valence-electron chi connectivity index (χ4n) is 6.43. The first-order chi connectivity index (χ1) is 20.7. The van der Waals surface area contributed by atoms with Gasteiger partial charge in [0.25, 0.3) is 0 Å². The van der Waals surface area contributed by atoms with Crippen molar-refractivity contribution in [1.82, 2.24) is 39.7 Å². The molecule has 7 rings (SSSR count). The molecule has 0 radical (unpaired) electrons. The smallest absolute Gasteiger partial charge is 0.180 e. The molecule has 212 valence electrons. The number of benzene rings is 3. The third-order valence-corrected chi connectivity index (χ3v) is 8.62. The molecule has 1 saturated carbocycles. The van der Waals surface area contributed by atoms with E-state index in [4.69, 9.17) is 9.97 Å². The Hall–Kier alpha value is -4.59. The van der Waals surface area contributed by atoms with Gasteiger partial charge in [-0.2, -0.15) is 0 Å². The quantitative estimate of drug-likeness (QED) is 0.209. The Labute approximate surface area is 245 Å². The summed E-state index contributed by atoms with van der Waals surface area (Å²) in [6.45, 7) is 5.16. The van der Waals surface area contributed by atoms with E-state index in [1.807, 2.05) is 24.5 Å². The van der Waals surface area contributed by atoms with Crippen LogP contribution in [0.4, 0.5) is 0 Å². The minimum atomic E-state index is 0.578. The van der Waals surface area contributed by atoms with Gasteiger partial charge in [-0.25, -0.2) is 15.1 Å². The van der Waals surface area contributed by atoms with Crippen LogP contribution in [0.2, 0.25) is 0 Å². The van der Waals surface area contributed by atoms with Crippen molar-refractivity contribution in [3.63, 3.8) is 0 Å². The molecule has 8 nitrogen and oxygen atoms in total. The zero-order valence-electron chi connectivity index (χ0n) is 24.3. The van der Waals surface area contributed by atoms with E-state index in [0.29, 0.717) is 11.9 Å². The predicted octanol–water partition coefficient (Wildman–Crippen LogP) is 7.56. The average Bonchev–Trinajstić information content (AvgIpc) is 3.80. The molecule has 3 aromatic carbocycles. The summed E-state index contributed by atoms with van der Waals surface area (Å²) < 4.78 is 4.74. The number of hydrogen-bond donors (Lipinski definition) is 1. The summed E-state index contributed by atoms with van der Waals surface area (Å²) in [7, 11) is 0. The first-order valence-corrected chi connectivity index (χ1v) is 15.1. The van der Waals surface area contributed by atoms with Crippen LogP contribution >= 0.6 is 0 Å². The zero-order valence-corrected chi connectivity index (χ0v) is 24.3. The highest BCUT2D eigenvalue weighted by atomic mass is 15.5. The Balaban J connectivity index is 1.22. The van der Waals surface area contributed by atoms with Crippen LogP contribution in [0.15, 0.2) is 73.2 Å². The number of tetrazole rings is 1. The molecule has 0 amide bonds. The number of aromatic amines is 1. The number of rotatable bonds is 8. The lowest BCUT2D eigenvalue weighted by molar-refractivity contribution is 0.353. The predicted molar refractivity (Wildman–Crippen MR) is 166 cm³/mol. The van der Waals surface area contributed by atoms with Crippen LogP contribution in [0.5, 0.6) is 0 Å². The van der Waals surface area contributed by atoms with Gasteiger partial charge in [0.1, 0.15) is 5.82 Å². The summed E-state index contributed by atoms with van der Waals surface area (Å²) in [5, 5.41) is 14.5. The van der Waals surface area contributed by atoms with E-state index < -0.39 is 0 Å². The molecular weight excluding hydrogens is 520 g/mol. The number of imidazole rings is 2. The van der Waals surface area contributed by atoms with E-state index in [1.165, 1.54) is 48.7 Å². The van der Waals surface area contributed by atoms with Crippen molar-refractivity contribution in [3.8, 4) is 33.8 Å². The second-order valence-corrected chi connectivity index (χ2v) is 11.5. The fourth-order valence-corrected chi connectivity index (χ4v) is 6.43. The third kappa shape index (κ3) is 5.02. The maximum absolute atomic E-state index is 5.13. The van der Waals surface area contributed by atoms with E-state index in [2.05, 4.69) is 92.3 Å². The lowest BCUT2D eigenvalue weighted by atomic mass is 9.95. The second-order valence-electron chi connectivity index (χ2n) is 11.5. The second kappa shape index (κ2) is 11.4. The van der Waals surface area contributed by atoms with E-state index in [0.717, 1.165) is 58.7 Å². The summed E-state index contributed by atoms with van der Waals surface area (Å²) in [6, 6.07) is 22.1. The molecule has 1 aliphatic rings. The van der Waals surface area contributed by atoms with Crippen molar-refractivity contribution in [2.45, 2.75) is 71.4 Å².